The number of rotatable bonds is 15. The van der Waals surface area contributed by atoms with Gasteiger partial charge in [0, 0.05) is 0 Å². The average molecular weight is 429 g/mol. The standard InChI is InChI=1S/C32H44/c1-6-7-8-9-10-11-12-13-14-19-30-20-16-21-31(26(2)3)32(30)28(5)17-15-18-29-24-22-27(4)23-25-29/h15-17,20-25H,2,5-14,18-19H2,1,3-4H3/b17-15+. The van der Waals surface area contributed by atoms with Crippen molar-refractivity contribution in [1.82, 2.24) is 0 Å². The number of allylic oxidation sites excluding steroid dienone is 4. The van der Waals surface area contributed by atoms with E-state index in [1.54, 1.807) is 0 Å². The van der Waals surface area contributed by atoms with Gasteiger partial charge >= 0.3 is 0 Å². The molecule has 0 heterocycles. The lowest BCUT2D eigenvalue weighted by atomic mass is 9.89. The highest BCUT2D eigenvalue weighted by Crippen LogP contribution is 2.29. The number of hydrogen-bond acceptors (Lipinski definition) is 0. The summed E-state index contributed by atoms with van der Waals surface area (Å²) >= 11 is 0. The molecule has 0 aliphatic heterocycles. The van der Waals surface area contributed by atoms with E-state index in [-0.39, 0.29) is 0 Å². The van der Waals surface area contributed by atoms with Gasteiger partial charge in [0.25, 0.3) is 0 Å². The maximum Gasteiger partial charge on any atom is -0.00829 e. The van der Waals surface area contributed by atoms with Crippen molar-refractivity contribution in [3.63, 3.8) is 0 Å². The van der Waals surface area contributed by atoms with E-state index < -0.39 is 0 Å². The van der Waals surface area contributed by atoms with E-state index in [4.69, 9.17) is 0 Å². The van der Waals surface area contributed by atoms with E-state index in [0.717, 1.165) is 24.0 Å². The molecule has 0 amide bonds. The van der Waals surface area contributed by atoms with Crippen molar-refractivity contribution >= 4 is 11.1 Å². The molecule has 0 aromatic heterocycles. The Labute approximate surface area is 198 Å². The molecule has 0 atom stereocenters. The Balaban J connectivity index is 1.94. The molecule has 0 radical (unpaired) electrons. The van der Waals surface area contributed by atoms with Gasteiger partial charge in [-0.1, -0.05) is 137 Å². The number of unbranched alkanes of at least 4 members (excludes halogenated alkanes) is 8. The highest BCUT2D eigenvalue weighted by Gasteiger charge is 2.11. The molecule has 0 aliphatic rings. The SMILES string of the molecule is C=C(C)c1cccc(CCCCCCCCCCC)c1C(=C)/C=C/Cc1ccc(C)cc1. The van der Waals surface area contributed by atoms with Crippen LogP contribution in [0.4, 0.5) is 0 Å². The molecule has 0 heteroatoms. The molecule has 172 valence electrons. The van der Waals surface area contributed by atoms with Gasteiger partial charge in [-0.3, -0.25) is 0 Å². The van der Waals surface area contributed by atoms with Gasteiger partial charge in [-0.05, 0) is 60.9 Å². The Morgan fingerprint density at radius 1 is 0.812 bits per heavy atom. The fraction of sp³-hybridized carbons (Fsp3) is 0.438. The van der Waals surface area contributed by atoms with E-state index in [0.29, 0.717) is 0 Å². The lowest BCUT2D eigenvalue weighted by molar-refractivity contribution is 0.565. The van der Waals surface area contributed by atoms with Gasteiger partial charge in [-0.2, -0.15) is 0 Å². The lowest BCUT2D eigenvalue weighted by Crippen LogP contribution is -1.98. The molecule has 0 spiro atoms. The van der Waals surface area contributed by atoms with Crippen LogP contribution in [0.15, 0.2) is 67.8 Å². The van der Waals surface area contributed by atoms with Crippen LogP contribution >= 0.6 is 0 Å². The summed E-state index contributed by atoms with van der Waals surface area (Å²) < 4.78 is 0. The summed E-state index contributed by atoms with van der Waals surface area (Å²) in [6, 6.07) is 15.4. The average Bonchev–Trinajstić information content (AvgIpc) is 2.79. The summed E-state index contributed by atoms with van der Waals surface area (Å²) in [6.45, 7) is 15.2. The summed E-state index contributed by atoms with van der Waals surface area (Å²) in [5, 5.41) is 0. The molecule has 0 aliphatic carbocycles. The summed E-state index contributed by atoms with van der Waals surface area (Å²) in [4.78, 5) is 0. The second kappa shape index (κ2) is 14.7. The van der Waals surface area contributed by atoms with Gasteiger partial charge in [0.05, 0.1) is 0 Å². The first kappa shape index (κ1) is 25.9. The molecular weight excluding hydrogens is 384 g/mol. The minimum atomic E-state index is 0.933. The normalized spacial score (nSPS) is 11.2. The summed E-state index contributed by atoms with van der Waals surface area (Å²) in [5.41, 5.74) is 8.80. The minimum Gasteiger partial charge on any atom is -0.0955 e. The maximum atomic E-state index is 4.44. The highest BCUT2D eigenvalue weighted by atomic mass is 14.1. The summed E-state index contributed by atoms with van der Waals surface area (Å²) in [5.74, 6) is 0. The predicted octanol–water partition coefficient (Wildman–Crippen LogP) is 9.91. The molecule has 2 aromatic carbocycles. The minimum absolute atomic E-state index is 0.933. The zero-order chi connectivity index (χ0) is 23.2. The molecule has 32 heavy (non-hydrogen) atoms. The Kier molecular flexibility index (Phi) is 11.9. The van der Waals surface area contributed by atoms with E-state index in [1.165, 1.54) is 85.6 Å². The highest BCUT2D eigenvalue weighted by molar-refractivity contribution is 5.83. The summed E-state index contributed by atoms with van der Waals surface area (Å²) in [7, 11) is 0. The molecule has 0 saturated heterocycles. The monoisotopic (exact) mass is 428 g/mol. The van der Waals surface area contributed by atoms with Crippen LogP contribution in [0.3, 0.4) is 0 Å². The molecule has 0 N–H and O–H groups in total. The van der Waals surface area contributed by atoms with Crippen LogP contribution < -0.4 is 0 Å². The Morgan fingerprint density at radius 2 is 1.44 bits per heavy atom. The van der Waals surface area contributed by atoms with E-state index in [9.17, 15) is 0 Å². The number of benzene rings is 2. The van der Waals surface area contributed by atoms with Crippen molar-refractivity contribution in [1.29, 1.82) is 0 Å². The maximum absolute atomic E-state index is 4.44. The molecule has 0 fully saturated rings. The van der Waals surface area contributed by atoms with Crippen LogP contribution in [0.2, 0.25) is 0 Å². The van der Waals surface area contributed by atoms with E-state index in [2.05, 4.69) is 88.5 Å². The first-order valence-electron chi connectivity index (χ1n) is 12.7. The predicted molar refractivity (Wildman–Crippen MR) is 145 cm³/mol. The second-order valence-electron chi connectivity index (χ2n) is 9.32. The van der Waals surface area contributed by atoms with Crippen molar-refractivity contribution in [2.75, 3.05) is 0 Å². The van der Waals surface area contributed by atoms with Crippen LogP contribution in [0.25, 0.3) is 11.1 Å². The van der Waals surface area contributed by atoms with Crippen LogP contribution in [-0.2, 0) is 12.8 Å². The fourth-order valence-corrected chi connectivity index (χ4v) is 4.31. The van der Waals surface area contributed by atoms with Crippen molar-refractivity contribution in [3.05, 3.63) is 95.6 Å². The quantitative estimate of drug-likeness (QED) is 0.195. The van der Waals surface area contributed by atoms with E-state index in [1.807, 2.05) is 0 Å². The largest absolute Gasteiger partial charge is 0.0955 e. The van der Waals surface area contributed by atoms with Crippen molar-refractivity contribution in [2.45, 2.75) is 91.4 Å². The number of hydrogen-bond donors (Lipinski definition) is 0. The molecule has 0 bridgehead atoms. The molecule has 0 saturated carbocycles. The Bertz CT molecular complexity index is 863. The molecule has 2 rings (SSSR count). The second-order valence-corrected chi connectivity index (χ2v) is 9.32. The van der Waals surface area contributed by atoms with E-state index >= 15 is 0 Å². The third kappa shape index (κ3) is 9.03. The zero-order valence-corrected chi connectivity index (χ0v) is 20.9. The summed E-state index contributed by atoms with van der Waals surface area (Å²) in [6.07, 6.45) is 18.8. The van der Waals surface area contributed by atoms with Crippen molar-refractivity contribution < 1.29 is 0 Å². The van der Waals surface area contributed by atoms with Gasteiger partial charge in [0.1, 0.15) is 0 Å². The Morgan fingerprint density at radius 3 is 2.06 bits per heavy atom. The topological polar surface area (TPSA) is 0 Å². The first-order chi connectivity index (χ1) is 15.5. The van der Waals surface area contributed by atoms with Crippen molar-refractivity contribution in [3.8, 4) is 0 Å². The van der Waals surface area contributed by atoms with Gasteiger partial charge in [-0.15, -0.1) is 0 Å². The van der Waals surface area contributed by atoms with Gasteiger partial charge in [-0.25, -0.2) is 0 Å². The Hall–Kier alpha value is -2.34. The van der Waals surface area contributed by atoms with Gasteiger partial charge in [0.15, 0.2) is 0 Å². The first-order valence-corrected chi connectivity index (χ1v) is 12.7. The molecule has 0 unspecified atom stereocenters. The number of aryl methyl sites for hydroxylation is 2. The van der Waals surface area contributed by atoms with Crippen LogP contribution in [-0.4, -0.2) is 0 Å². The third-order valence-corrected chi connectivity index (χ3v) is 6.27. The van der Waals surface area contributed by atoms with Crippen LogP contribution in [0, 0.1) is 6.92 Å². The van der Waals surface area contributed by atoms with Crippen molar-refractivity contribution in [2.24, 2.45) is 0 Å². The van der Waals surface area contributed by atoms with Crippen LogP contribution in [0.5, 0.6) is 0 Å². The smallest absolute Gasteiger partial charge is 0.00829 e. The fourth-order valence-electron chi connectivity index (χ4n) is 4.31. The molecular formula is C32H44. The van der Waals surface area contributed by atoms with Gasteiger partial charge < -0.3 is 0 Å². The third-order valence-electron chi connectivity index (χ3n) is 6.27. The molecule has 0 nitrogen and oxygen atoms in total. The zero-order valence-electron chi connectivity index (χ0n) is 20.9. The lowest BCUT2D eigenvalue weighted by Gasteiger charge is -2.16. The van der Waals surface area contributed by atoms with Gasteiger partial charge in [0.2, 0.25) is 0 Å². The molecule has 2 aromatic rings. The van der Waals surface area contributed by atoms with Crippen LogP contribution in [0.1, 0.15) is 99.5 Å².